The molecule has 2 aromatic rings. The molecule has 0 bridgehead atoms. The van der Waals surface area contributed by atoms with Gasteiger partial charge in [0.05, 0.1) is 5.75 Å². The van der Waals surface area contributed by atoms with Crippen LogP contribution in [0, 0.1) is 13.8 Å². The second-order valence-electron chi connectivity index (χ2n) is 6.25. The lowest BCUT2D eigenvalue weighted by Crippen LogP contribution is -2.08. The van der Waals surface area contributed by atoms with Crippen LogP contribution >= 0.6 is 11.8 Å². The number of methoxy groups -OCH3 is 1. The highest BCUT2D eigenvalue weighted by Crippen LogP contribution is 2.37. The lowest BCUT2D eigenvalue weighted by Gasteiger charge is -2.09. The van der Waals surface area contributed by atoms with Gasteiger partial charge in [-0.25, -0.2) is 0 Å². The standard InChI is InChI=1S/C17H24N4O2S/c1-12-9-15(13(2)20(12)7-4-8-23-3)16(22)10-24-17-19-18-11-21(17)14-5-6-14/h9,11,14H,4-8,10H2,1-3H3. The molecule has 0 spiro atoms. The summed E-state index contributed by atoms with van der Waals surface area (Å²) in [5.74, 6) is 0.546. The van der Waals surface area contributed by atoms with Gasteiger partial charge in [0.1, 0.15) is 6.33 Å². The summed E-state index contributed by atoms with van der Waals surface area (Å²) in [7, 11) is 1.71. The molecule has 6 nitrogen and oxygen atoms in total. The summed E-state index contributed by atoms with van der Waals surface area (Å²) >= 11 is 1.48. The highest BCUT2D eigenvalue weighted by molar-refractivity contribution is 7.99. The van der Waals surface area contributed by atoms with Gasteiger partial charge in [0, 0.05) is 43.3 Å². The molecule has 1 aliphatic rings. The van der Waals surface area contributed by atoms with Crippen molar-refractivity contribution < 1.29 is 9.53 Å². The lowest BCUT2D eigenvalue weighted by molar-refractivity contribution is 0.102. The van der Waals surface area contributed by atoms with Crippen molar-refractivity contribution in [1.29, 1.82) is 0 Å². The maximum Gasteiger partial charge on any atom is 0.191 e. The molecule has 2 heterocycles. The van der Waals surface area contributed by atoms with Crippen molar-refractivity contribution in [2.24, 2.45) is 0 Å². The van der Waals surface area contributed by atoms with Crippen molar-refractivity contribution in [1.82, 2.24) is 19.3 Å². The second kappa shape index (κ2) is 7.53. The Morgan fingerprint density at radius 1 is 1.42 bits per heavy atom. The van der Waals surface area contributed by atoms with Crippen LogP contribution in [0.15, 0.2) is 17.6 Å². The number of carbonyl (C=O) groups is 1. The zero-order valence-electron chi connectivity index (χ0n) is 14.5. The molecule has 1 fully saturated rings. The molecule has 0 saturated heterocycles. The van der Waals surface area contributed by atoms with Crippen molar-refractivity contribution in [3.63, 3.8) is 0 Å². The second-order valence-corrected chi connectivity index (χ2v) is 7.19. The van der Waals surface area contributed by atoms with Gasteiger partial charge in [0.25, 0.3) is 0 Å². The average Bonchev–Trinajstić information content (AvgIpc) is 3.24. The first-order chi connectivity index (χ1) is 11.6. The zero-order valence-corrected chi connectivity index (χ0v) is 15.3. The van der Waals surface area contributed by atoms with Gasteiger partial charge in [-0.2, -0.15) is 0 Å². The maximum absolute atomic E-state index is 12.6. The fraction of sp³-hybridized carbons (Fsp3) is 0.588. The summed E-state index contributed by atoms with van der Waals surface area (Å²) in [6.07, 6.45) is 5.08. The van der Waals surface area contributed by atoms with Crippen molar-refractivity contribution in [3.05, 3.63) is 29.3 Å². The van der Waals surface area contributed by atoms with Crippen LogP contribution in [0.3, 0.4) is 0 Å². The Morgan fingerprint density at radius 2 is 2.21 bits per heavy atom. The normalized spacial score (nSPS) is 14.3. The van der Waals surface area contributed by atoms with Crippen LogP contribution < -0.4 is 0 Å². The first-order valence-corrected chi connectivity index (χ1v) is 9.31. The Hall–Kier alpha value is -1.60. The number of ether oxygens (including phenoxy) is 1. The summed E-state index contributed by atoms with van der Waals surface area (Å²) < 4.78 is 9.40. The van der Waals surface area contributed by atoms with Gasteiger partial charge in [-0.3, -0.25) is 4.79 Å². The Kier molecular flexibility index (Phi) is 5.40. The molecular formula is C17H24N4O2S. The zero-order chi connectivity index (χ0) is 17.1. The first kappa shape index (κ1) is 17.2. The summed E-state index contributed by atoms with van der Waals surface area (Å²) in [6, 6.07) is 2.53. The molecule has 24 heavy (non-hydrogen) atoms. The van der Waals surface area contributed by atoms with Crippen LogP contribution in [0.25, 0.3) is 0 Å². The Morgan fingerprint density at radius 3 is 2.92 bits per heavy atom. The Balaban J connectivity index is 1.64. The molecule has 130 valence electrons. The van der Waals surface area contributed by atoms with Gasteiger partial charge in [0.15, 0.2) is 10.9 Å². The number of hydrogen-bond donors (Lipinski definition) is 0. The molecule has 0 radical (unpaired) electrons. The van der Waals surface area contributed by atoms with Gasteiger partial charge in [-0.1, -0.05) is 11.8 Å². The average molecular weight is 348 g/mol. The predicted molar refractivity (Wildman–Crippen MR) is 93.7 cm³/mol. The smallest absolute Gasteiger partial charge is 0.191 e. The number of aryl methyl sites for hydroxylation is 1. The minimum absolute atomic E-state index is 0.149. The number of Topliss-reactive ketones (excluding diaryl/α,β-unsaturated/α-hetero) is 1. The number of thioether (sulfide) groups is 1. The molecule has 0 amide bonds. The van der Waals surface area contributed by atoms with E-state index in [0.717, 1.165) is 41.7 Å². The fourth-order valence-corrected chi connectivity index (χ4v) is 3.81. The van der Waals surface area contributed by atoms with Crippen LogP contribution in [0.2, 0.25) is 0 Å². The number of rotatable bonds is 9. The first-order valence-electron chi connectivity index (χ1n) is 8.33. The van der Waals surface area contributed by atoms with E-state index in [4.69, 9.17) is 4.74 Å². The molecule has 1 saturated carbocycles. The van der Waals surface area contributed by atoms with Crippen LogP contribution in [0.1, 0.15) is 47.1 Å². The van der Waals surface area contributed by atoms with Gasteiger partial charge >= 0.3 is 0 Å². The third kappa shape index (κ3) is 3.72. The summed E-state index contributed by atoms with van der Waals surface area (Å²) in [5.41, 5.74) is 2.98. The molecular weight excluding hydrogens is 324 g/mol. The molecule has 0 aromatic carbocycles. The van der Waals surface area contributed by atoms with Gasteiger partial charge < -0.3 is 13.9 Å². The maximum atomic E-state index is 12.6. The van der Waals surface area contributed by atoms with E-state index in [1.165, 1.54) is 24.6 Å². The third-order valence-electron chi connectivity index (χ3n) is 4.42. The number of hydrogen-bond acceptors (Lipinski definition) is 5. The summed E-state index contributed by atoms with van der Waals surface area (Å²) in [4.78, 5) is 12.6. The third-order valence-corrected chi connectivity index (χ3v) is 5.37. The van der Waals surface area contributed by atoms with Crippen molar-refractivity contribution in [2.75, 3.05) is 19.5 Å². The van der Waals surface area contributed by atoms with Gasteiger partial charge in [-0.15, -0.1) is 10.2 Å². The molecule has 0 atom stereocenters. The number of nitrogens with zero attached hydrogens (tertiary/aromatic N) is 4. The fourth-order valence-electron chi connectivity index (χ4n) is 2.94. The van der Waals surface area contributed by atoms with Crippen molar-refractivity contribution in [3.8, 4) is 0 Å². The quantitative estimate of drug-likeness (QED) is 0.396. The highest BCUT2D eigenvalue weighted by Gasteiger charge is 2.26. The minimum Gasteiger partial charge on any atom is -0.385 e. The van der Waals surface area contributed by atoms with Crippen molar-refractivity contribution >= 4 is 17.5 Å². The molecule has 0 N–H and O–H groups in total. The lowest BCUT2D eigenvalue weighted by atomic mass is 10.2. The van der Waals surface area contributed by atoms with E-state index in [9.17, 15) is 4.79 Å². The van der Waals surface area contributed by atoms with Crippen molar-refractivity contribution in [2.45, 2.75) is 50.9 Å². The highest BCUT2D eigenvalue weighted by atomic mass is 32.2. The summed E-state index contributed by atoms with van der Waals surface area (Å²) in [5, 5.41) is 8.97. The molecule has 2 aromatic heterocycles. The van der Waals surface area contributed by atoms with Gasteiger partial charge in [0.2, 0.25) is 0 Å². The molecule has 0 aliphatic heterocycles. The largest absolute Gasteiger partial charge is 0.385 e. The molecule has 3 rings (SSSR count). The Bertz CT molecular complexity index is 718. The molecule has 7 heteroatoms. The van der Waals surface area contributed by atoms with E-state index in [0.29, 0.717) is 11.8 Å². The van der Waals surface area contributed by atoms with E-state index in [2.05, 4.69) is 19.3 Å². The van der Waals surface area contributed by atoms with Crippen LogP contribution in [0.4, 0.5) is 0 Å². The van der Waals surface area contributed by atoms with Crippen LogP contribution in [-0.4, -0.2) is 44.6 Å². The molecule has 0 unspecified atom stereocenters. The van der Waals surface area contributed by atoms with E-state index in [1.807, 2.05) is 19.9 Å². The molecule has 1 aliphatic carbocycles. The SMILES string of the molecule is COCCCn1c(C)cc(C(=O)CSc2nncn2C2CC2)c1C. The van der Waals surface area contributed by atoms with Crippen LogP contribution in [-0.2, 0) is 11.3 Å². The van der Waals surface area contributed by atoms with E-state index in [-0.39, 0.29) is 5.78 Å². The number of aromatic nitrogens is 4. The topological polar surface area (TPSA) is 61.9 Å². The van der Waals surface area contributed by atoms with Gasteiger partial charge in [-0.05, 0) is 39.2 Å². The van der Waals surface area contributed by atoms with Crippen LogP contribution in [0.5, 0.6) is 0 Å². The number of carbonyl (C=O) groups excluding carboxylic acids is 1. The van der Waals surface area contributed by atoms with E-state index >= 15 is 0 Å². The predicted octanol–water partition coefficient (Wildman–Crippen LogP) is 3.04. The Labute approximate surface area is 146 Å². The van der Waals surface area contributed by atoms with E-state index in [1.54, 1.807) is 13.4 Å². The van der Waals surface area contributed by atoms with E-state index < -0.39 is 0 Å². The monoisotopic (exact) mass is 348 g/mol. The summed E-state index contributed by atoms with van der Waals surface area (Å²) in [6.45, 7) is 5.67. The number of ketones is 1. The minimum atomic E-state index is 0.149.